The number of thioether (sulfide) groups is 1. The summed E-state index contributed by atoms with van der Waals surface area (Å²) >= 11 is -0.214. The molecule has 0 radical (unpaired) electrons. The van der Waals surface area contributed by atoms with Gasteiger partial charge in [0, 0.05) is 18.8 Å². The summed E-state index contributed by atoms with van der Waals surface area (Å²) in [5, 5.41) is 3.39. The first kappa shape index (κ1) is 8.51. The van der Waals surface area contributed by atoms with E-state index in [0.717, 1.165) is 0 Å². The van der Waals surface area contributed by atoms with Crippen molar-refractivity contribution in [2.75, 3.05) is 13.7 Å². The smallest absolute Gasteiger partial charge is 0.334 e. The van der Waals surface area contributed by atoms with Gasteiger partial charge in [0.2, 0.25) is 0 Å². The SMILES string of the molecule is CN1CNN=C1SC(F)(F)F. The number of rotatable bonds is 0. The predicted molar refractivity (Wildman–Crippen MR) is 36.8 cm³/mol. The third-order valence-electron chi connectivity index (χ3n) is 1.02. The molecule has 3 nitrogen and oxygen atoms in total. The Morgan fingerprint density at radius 2 is 2.27 bits per heavy atom. The molecule has 1 aliphatic heterocycles. The van der Waals surface area contributed by atoms with Crippen molar-refractivity contribution in [3.05, 3.63) is 0 Å². The molecular weight excluding hydrogens is 179 g/mol. The van der Waals surface area contributed by atoms with Crippen LogP contribution < -0.4 is 5.43 Å². The van der Waals surface area contributed by atoms with Crippen molar-refractivity contribution in [1.82, 2.24) is 10.3 Å². The standard InChI is InChI=1S/C4H6F3N3S/c1-10-2-8-9-3(10)11-4(5,6)7/h8H,2H2,1H3. The van der Waals surface area contributed by atoms with Crippen LogP contribution in [0, 0.1) is 0 Å². The molecule has 11 heavy (non-hydrogen) atoms. The number of hydrazone groups is 1. The largest absolute Gasteiger partial charge is 0.449 e. The van der Waals surface area contributed by atoms with Crippen LogP contribution in [0.3, 0.4) is 0 Å². The van der Waals surface area contributed by atoms with Crippen LogP contribution in [0.5, 0.6) is 0 Å². The minimum absolute atomic E-state index is 0.0440. The Balaban J connectivity index is 2.49. The molecule has 0 aromatic carbocycles. The fraction of sp³-hybridized carbons (Fsp3) is 0.750. The van der Waals surface area contributed by atoms with Gasteiger partial charge in [-0.2, -0.15) is 18.3 Å². The fourth-order valence-corrected chi connectivity index (χ4v) is 1.10. The van der Waals surface area contributed by atoms with Crippen molar-refractivity contribution in [2.45, 2.75) is 5.51 Å². The van der Waals surface area contributed by atoms with Crippen LogP contribution >= 0.6 is 11.8 Å². The quantitative estimate of drug-likeness (QED) is 0.610. The minimum Gasteiger partial charge on any atom is -0.334 e. The van der Waals surface area contributed by atoms with E-state index in [-0.39, 0.29) is 16.9 Å². The van der Waals surface area contributed by atoms with Crippen molar-refractivity contribution in [3.8, 4) is 0 Å². The molecule has 0 spiro atoms. The molecule has 64 valence electrons. The van der Waals surface area contributed by atoms with E-state index in [1.807, 2.05) is 0 Å². The number of halogens is 3. The van der Waals surface area contributed by atoms with Crippen LogP contribution in [-0.2, 0) is 0 Å². The molecule has 0 saturated heterocycles. The maximum Gasteiger partial charge on any atom is 0.449 e. The number of nitrogens with zero attached hydrogens (tertiary/aromatic N) is 2. The number of alkyl halides is 3. The molecule has 0 unspecified atom stereocenters. The van der Waals surface area contributed by atoms with Crippen molar-refractivity contribution in [2.24, 2.45) is 5.10 Å². The molecule has 1 aliphatic rings. The lowest BCUT2D eigenvalue weighted by Gasteiger charge is -2.12. The molecule has 0 saturated carbocycles. The van der Waals surface area contributed by atoms with Gasteiger partial charge in [0.1, 0.15) is 6.67 Å². The minimum atomic E-state index is -4.25. The first-order valence-corrected chi connectivity index (χ1v) is 3.58. The lowest BCUT2D eigenvalue weighted by molar-refractivity contribution is -0.0317. The second-order valence-electron chi connectivity index (χ2n) is 1.96. The van der Waals surface area contributed by atoms with E-state index in [2.05, 4.69) is 10.5 Å². The van der Waals surface area contributed by atoms with E-state index >= 15 is 0 Å². The van der Waals surface area contributed by atoms with Crippen molar-refractivity contribution < 1.29 is 13.2 Å². The zero-order valence-electron chi connectivity index (χ0n) is 5.64. The average Bonchev–Trinajstić information content (AvgIpc) is 2.12. The molecule has 1 N–H and O–H groups in total. The van der Waals surface area contributed by atoms with Crippen LogP contribution in [0.15, 0.2) is 5.10 Å². The number of hydrogen-bond acceptors (Lipinski definition) is 4. The Labute approximate surface area is 65.6 Å². The van der Waals surface area contributed by atoms with E-state index in [4.69, 9.17) is 0 Å². The normalized spacial score (nSPS) is 18.2. The van der Waals surface area contributed by atoms with E-state index < -0.39 is 5.51 Å². The molecule has 0 fully saturated rings. The Morgan fingerprint density at radius 1 is 1.64 bits per heavy atom. The Kier molecular flexibility index (Phi) is 2.17. The summed E-state index contributed by atoms with van der Waals surface area (Å²) in [6.45, 7) is 0.332. The third-order valence-corrected chi connectivity index (χ3v) is 1.83. The topological polar surface area (TPSA) is 27.6 Å². The van der Waals surface area contributed by atoms with E-state index in [1.54, 1.807) is 0 Å². The van der Waals surface area contributed by atoms with E-state index in [0.29, 0.717) is 6.67 Å². The zero-order chi connectivity index (χ0) is 8.48. The van der Waals surface area contributed by atoms with Gasteiger partial charge in [-0.05, 0) is 0 Å². The van der Waals surface area contributed by atoms with Crippen LogP contribution in [0.2, 0.25) is 0 Å². The third kappa shape index (κ3) is 2.49. The van der Waals surface area contributed by atoms with Gasteiger partial charge in [-0.15, -0.1) is 0 Å². The summed E-state index contributed by atoms with van der Waals surface area (Å²) in [6, 6.07) is 0. The highest BCUT2D eigenvalue weighted by Gasteiger charge is 2.34. The van der Waals surface area contributed by atoms with Crippen LogP contribution in [0.1, 0.15) is 0 Å². The van der Waals surface area contributed by atoms with Crippen LogP contribution in [-0.4, -0.2) is 29.3 Å². The Bertz CT molecular complexity index is 178. The molecule has 1 heterocycles. The Morgan fingerprint density at radius 3 is 2.64 bits per heavy atom. The molecule has 7 heteroatoms. The highest BCUT2D eigenvalue weighted by molar-refractivity contribution is 8.14. The molecule has 0 atom stereocenters. The monoisotopic (exact) mass is 185 g/mol. The fourth-order valence-electron chi connectivity index (χ4n) is 0.566. The van der Waals surface area contributed by atoms with Crippen molar-refractivity contribution in [1.29, 1.82) is 0 Å². The molecule has 0 aliphatic carbocycles. The lowest BCUT2D eigenvalue weighted by Crippen LogP contribution is -2.24. The van der Waals surface area contributed by atoms with Gasteiger partial charge < -0.3 is 4.90 Å². The average molecular weight is 185 g/mol. The highest BCUT2D eigenvalue weighted by atomic mass is 32.2. The van der Waals surface area contributed by atoms with Gasteiger partial charge in [-0.25, -0.2) is 0 Å². The number of amidine groups is 1. The number of nitrogens with one attached hydrogen (secondary N) is 1. The van der Waals surface area contributed by atoms with Crippen molar-refractivity contribution >= 4 is 16.9 Å². The summed E-state index contributed by atoms with van der Waals surface area (Å²) in [5.74, 6) is 0. The number of hydrogen-bond donors (Lipinski definition) is 1. The second kappa shape index (κ2) is 2.80. The van der Waals surface area contributed by atoms with E-state index in [1.165, 1.54) is 11.9 Å². The molecular formula is C4H6F3N3S. The summed E-state index contributed by atoms with van der Waals surface area (Å²) in [7, 11) is 1.54. The van der Waals surface area contributed by atoms with Gasteiger partial charge in [-0.1, -0.05) is 0 Å². The maximum absolute atomic E-state index is 11.7. The molecule has 0 aromatic rings. The maximum atomic E-state index is 11.7. The second-order valence-corrected chi connectivity index (χ2v) is 2.99. The lowest BCUT2D eigenvalue weighted by atomic mass is 10.9. The van der Waals surface area contributed by atoms with Gasteiger partial charge in [0.15, 0.2) is 5.17 Å². The molecule has 0 amide bonds. The van der Waals surface area contributed by atoms with Crippen LogP contribution in [0.4, 0.5) is 13.2 Å². The summed E-state index contributed by atoms with van der Waals surface area (Å²) in [6.07, 6.45) is 0. The first-order valence-electron chi connectivity index (χ1n) is 2.76. The summed E-state index contributed by atoms with van der Waals surface area (Å²) < 4.78 is 35.1. The molecule has 0 bridgehead atoms. The zero-order valence-corrected chi connectivity index (χ0v) is 6.46. The highest BCUT2D eigenvalue weighted by Crippen LogP contribution is 2.32. The first-order chi connectivity index (χ1) is 4.99. The van der Waals surface area contributed by atoms with Gasteiger partial charge in [0.05, 0.1) is 0 Å². The van der Waals surface area contributed by atoms with E-state index in [9.17, 15) is 13.2 Å². The van der Waals surface area contributed by atoms with Gasteiger partial charge in [-0.3, -0.25) is 5.43 Å². The molecule has 1 rings (SSSR count). The van der Waals surface area contributed by atoms with Crippen LogP contribution in [0.25, 0.3) is 0 Å². The van der Waals surface area contributed by atoms with Gasteiger partial charge in [0.25, 0.3) is 0 Å². The predicted octanol–water partition coefficient (Wildman–Crippen LogP) is 1.00. The molecule has 0 aromatic heterocycles. The summed E-state index contributed by atoms with van der Waals surface area (Å²) in [4.78, 5) is 1.39. The summed E-state index contributed by atoms with van der Waals surface area (Å²) in [5.41, 5.74) is -1.81. The Hall–Kier alpha value is -0.590. The van der Waals surface area contributed by atoms with Gasteiger partial charge >= 0.3 is 5.51 Å². The van der Waals surface area contributed by atoms with Crippen molar-refractivity contribution in [3.63, 3.8) is 0 Å².